The number of carbonyl (C=O) groups excluding carboxylic acids is 3. The largest absolute Gasteiger partial charge is 0.369 e. The Morgan fingerprint density at radius 1 is 1.12 bits per heavy atom. The average molecular weight is 435 g/mol. The first-order valence-electron chi connectivity index (χ1n) is 11.0. The minimum atomic E-state index is -0.606. The third-order valence-corrected chi connectivity index (χ3v) is 6.36. The van der Waals surface area contributed by atoms with E-state index in [2.05, 4.69) is 31.9 Å². The number of piperidine rings is 1. The minimum absolute atomic E-state index is 0.157. The Bertz CT molecular complexity index is 1070. The molecule has 1 aromatic carbocycles. The van der Waals surface area contributed by atoms with Crippen LogP contribution in [0.25, 0.3) is 0 Å². The summed E-state index contributed by atoms with van der Waals surface area (Å²) in [5, 5.41) is 9.09. The first-order valence-corrected chi connectivity index (χ1v) is 11.0. The van der Waals surface area contributed by atoms with Gasteiger partial charge in [0.05, 0.1) is 0 Å². The monoisotopic (exact) mass is 434 g/mol. The van der Waals surface area contributed by atoms with Crippen LogP contribution in [0, 0.1) is 0 Å². The summed E-state index contributed by atoms with van der Waals surface area (Å²) >= 11 is 0. The van der Waals surface area contributed by atoms with Crippen LogP contribution in [0.1, 0.15) is 34.3 Å². The molecule has 1 unspecified atom stereocenters. The van der Waals surface area contributed by atoms with Gasteiger partial charge in [-0.2, -0.15) is 0 Å². The number of hydrogen-bond donors (Lipinski definition) is 3. The molecule has 0 aliphatic carbocycles. The third-order valence-electron chi connectivity index (χ3n) is 6.36. The summed E-state index contributed by atoms with van der Waals surface area (Å²) in [5.74, 6) is -0.0491. The van der Waals surface area contributed by atoms with E-state index < -0.39 is 11.9 Å². The number of pyridine rings is 1. The summed E-state index contributed by atoms with van der Waals surface area (Å²) in [4.78, 5) is 45.1. The molecule has 1 atom stereocenters. The van der Waals surface area contributed by atoms with E-state index >= 15 is 0 Å². The summed E-state index contributed by atoms with van der Waals surface area (Å²) in [6, 6.07) is 9.13. The smallest absolute Gasteiger partial charge is 0.255 e. The van der Waals surface area contributed by atoms with Crippen molar-refractivity contribution in [3.63, 3.8) is 0 Å². The zero-order chi connectivity index (χ0) is 22.1. The number of nitrogens with one attached hydrogen (secondary N) is 3. The van der Waals surface area contributed by atoms with Crippen LogP contribution in [0.5, 0.6) is 0 Å². The van der Waals surface area contributed by atoms with Crippen molar-refractivity contribution >= 4 is 29.2 Å². The summed E-state index contributed by atoms with van der Waals surface area (Å²) in [6.45, 7) is 4.77. The Morgan fingerprint density at radius 2 is 1.97 bits per heavy atom. The molecule has 1 aromatic heterocycles. The number of amides is 3. The van der Waals surface area contributed by atoms with Crippen molar-refractivity contribution in [1.29, 1.82) is 0 Å². The Kier molecular flexibility index (Phi) is 5.48. The quantitative estimate of drug-likeness (QED) is 0.600. The van der Waals surface area contributed by atoms with E-state index in [0.717, 1.165) is 48.8 Å². The molecule has 0 spiro atoms. The van der Waals surface area contributed by atoms with Crippen molar-refractivity contribution in [2.45, 2.75) is 32.0 Å². The Balaban J connectivity index is 1.30. The molecule has 2 aromatic rings. The van der Waals surface area contributed by atoms with Gasteiger partial charge in [-0.15, -0.1) is 0 Å². The molecule has 32 heavy (non-hydrogen) atoms. The first kappa shape index (κ1) is 20.4. The minimum Gasteiger partial charge on any atom is -0.369 e. The summed E-state index contributed by atoms with van der Waals surface area (Å²) in [5.41, 5.74) is 3.69. The van der Waals surface area contributed by atoms with E-state index in [0.29, 0.717) is 25.1 Å². The molecular formula is C23H26N6O3. The zero-order valence-corrected chi connectivity index (χ0v) is 17.8. The van der Waals surface area contributed by atoms with Crippen molar-refractivity contribution in [3.05, 3.63) is 53.2 Å². The highest BCUT2D eigenvalue weighted by Crippen LogP contribution is 2.30. The van der Waals surface area contributed by atoms with Crippen LogP contribution < -0.4 is 20.9 Å². The second-order valence-electron chi connectivity index (χ2n) is 8.33. The molecule has 3 amide bonds. The van der Waals surface area contributed by atoms with Crippen LogP contribution in [0.4, 0.5) is 11.5 Å². The molecule has 9 heteroatoms. The van der Waals surface area contributed by atoms with E-state index in [9.17, 15) is 14.4 Å². The number of nitrogens with zero attached hydrogens (tertiary/aromatic N) is 3. The van der Waals surface area contributed by atoms with Gasteiger partial charge in [0.1, 0.15) is 11.9 Å². The summed E-state index contributed by atoms with van der Waals surface area (Å²) < 4.78 is 0. The molecule has 166 valence electrons. The normalized spacial score (nSPS) is 20.9. The van der Waals surface area contributed by atoms with Gasteiger partial charge >= 0.3 is 0 Å². The lowest BCUT2D eigenvalue weighted by atomic mass is 10.0. The van der Waals surface area contributed by atoms with Crippen molar-refractivity contribution < 1.29 is 14.4 Å². The Hall–Kier alpha value is -3.46. The molecule has 4 heterocycles. The molecule has 3 aliphatic heterocycles. The molecule has 2 saturated heterocycles. The summed E-state index contributed by atoms with van der Waals surface area (Å²) in [7, 11) is 0. The van der Waals surface area contributed by atoms with Gasteiger partial charge in [0.2, 0.25) is 11.8 Å². The number of carbonyl (C=O) groups is 3. The fourth-order valence-electron chi connectivity index (χ4n) is 4.64. The number of hydrogen-bond acceptors (Lipinski definition) is 7. The van der Waals surface area contributed by atoms with Crippen molar-refractivity contribution in [3.8, 4) is 0 Å². The van der Waals surface area contributed by atoms with Gasteiger partial charge in [-0.3, -0.25) is 19.7 Å². The molecule has 3 aliphatic rings. The predicted molar refractivity (Wildman–Crippen MR) is 119 cm³/mol. The maximum Gasteiger partial charge on any atom is 0.255 e. The second-order valence-corrected chi connectivity index (χ2v) is 8.33. The molecule has 3 N–H and O–H groups in total. The van der Waals surface area contributed by atoms with Gasteiger partial charge in [-0.25, -0.2) is 4.98 Å². The number of benzene rings is 1. The topological polar surface area (TPSA) is 107 Å². The Morgan fingerprint density at radius 3 is 2.78 bits per heavy atom. The highest BCUT2D eigenvalue weighted by atomic mass is 16.2. The maximum absolute atomic E-state index is 13.0. The fourth-order valence-corrected chi connectivity index (χ4v) is 4.64. The molecule has 2 fully saturated rings. The van der Waals surface area contributed by atoms with Gasteiger partial charge in [-0.1, -0.05) is 12.1 Å². The van der Waals surface area contributed by atoms with E-state index in [4.69, 9.17) is 0 Å². The standard InChI is InChI=1S/C23H26N6O3/c30-21-5-4-19(22(31)27-21)29-14-18-15(2-1-3-17(18)23(29)32)13-26-20-12-16(6-7-25-20)28-10-8-24-9-11-28/h1-3,6-7,12,19,24H,4-5,8-11,13-14H2,(H,25,26)(H,27,30,31). The van der Waals surface area contributed by atoms with E-state index in [1.807, 2.05) is 24.4 Å². The molecule has 0 radical (unpaired) electrons. The second kappa shape index (κ2) is 8.58. The molecule has 9 nitrogen and oxygen atoms in total. The zero-order valence-electron chi connectivity index (χ0n) is 17.8. The van der Waals surface area contributed by atoms with Crippen molar-refractivity contribution in [2.24, 2.45) is 0 Å². The molecule has 0 saturated carbocycles. The number of fused-ring (bicyclic) bond motifs is 1. The molecular weight excluding hydrogens is 408 g/mol. The number of imide groups is 1. The van der Waals surface area contributed by atoms with E-state index in [1.165, 1.54) is 0 Å². The van der Waals surface area contributed by atoms with Crippen LogP contribution >= 0.6 is 0 Å². The van der Waals surface area contributed by atoms with Gasteiger partial charge in [0.25, 0.3) is 5.91 Å². The van der Waals surface area contributed by atoms with Crippen LogP contribution in [0.3, 0.4) is 0 Å². The number of rotatable bonds is 5. The maximum atomic E-state index is 13.0. The molecule has 5 rings (SSSR count). The SMILES string of the molecule is O=C1CCC(N2Cc3c(CNc4cc(N5CCNCC5)ccn4)cccc3C2=O)C(=O)N1. The molecule has 0 bridgehead atoms. The highest BCUT2D eigenvalue weighted by molar-refractivity contribution is 6.05. The van der Waals surface area contributed by atoms with Crippen molar-refractivity contribution in [1.82, 2.24) is 20.5 Å². The van der Waals surface area contributed by atoms with E-state index in [-0.39, 0.29) is 18.2 Å². The lowest BCUT2D eigenvalue weighted by molar-refractivity contribution is -0.136. The van der Waals surface area contributed by atoms with Crippen LogP contribution in [0.15, 0.2) is 36.5 Å². The average Bonchev–Trinajstić information content (AvgIpc) is 3.15. The predicted octanol–water partition coefficient (Wildman–Crippen LogP) is 0.864. The van der Waals surface area contributed by atoms with E-state index in [1.54, 1.807) is 11.0 Å². The van der Waals surface area contributed by atoms with Crippen LogP contribution in [-0.2, 0) is 22.7 Å². The number of anilines is 2. The third kappa shape index (κ3) is 3.91. The summed E-state index contributed by atoms with van der Waals surface area (Å²) in [6.07, 6.45) is 2.42. The van der Waals surface area contributed by atoms with Gasteiger partial charge in [0.15, 0.2) is 0 Å². The Labute approximate surface area is 186 Å². The van der Waals surface area contributed by atoms with Gasteiger partial charge < -0.3 is 20.4 Å². The van der Waals surface area contributed by atoms with Gasteiger partial charge in [-0.05, 0) is 29.7 Å². The fraction of sp³-hybridized carbons (Fsp3) is 0.391. The van der Waals surface area contributed by atoms with Crippen LogP contribution in [-0.4, -0.2) is 59.8 Å². The van der Waals surface area contributed by atoms with Gasteiger partial charge in [0, 0.05) is 69.2 Å². The van der Waals surface area contributed by atoms with Crippen molar-refractivity contribution in [2.75, 3.05) is 36.4 Å². The lowest BCUT2D eigenvalue weighted by Crippen LogP contribution is -2.52. The number of aromatic nitrogens is 1. The van der Waals surface area contributed by atoms with Crippen LogP contribution in [0.2, 0.25) is 0 Å². The highest BCUT2D eigenvalue weighted by Gasteiger charge is 2.39. The first-order chi connectivity index (χ1) is 15.6. The number of piperazine rings is 1. The lowest BCUT2D eigenvalue weighted by Gasteiger charge is -2.29.